The van der Waals surface area contributed by atoms with E-state index in [4.69, 9.17) is 4.74 Å². The van der Waals surface area contributed by atoms with Crippen molar-refractivity contribution in [3.05, 3.63) is 60.2 Å². The number of benzene rings is 2. The second-order valence-corrected chi connectivity index (χ2v) is 5.18. The fraction of sp³-hybridized carbons (Fsp3) is 0.294. The second kappa shape index (κ2) is 5.97. The van der Waals surface area contributed by atoms with E-state index >= 15 is 0 Å². The number of ether oxygens (including phenoxy) is 1. The van der Waals surface area contributed by atoms with Crippen LogP contribution >= 0.6 is 0 Å². The third kappa shape index (κ3) is 2.94. The van der Waals surface area contributed by atoms with Crippen LogP contribution in [-0.4, -0.2) is 31.8 Å². The van der Waals surface area contributed by atoms with Crippen molar-refractivity contribution in [1.82, 2.24) is 4.90 Å². The molecule has 1 heterocycles. The first-order chi connectivity index (χ1) is 9.83. The highest BCUT2D eigenvalue weighted by atomic mass is 16.5. The first-order valence-electron chi connectivity index (χ1n) is 7.02. The van der Waals surface area contributed by atoms with Gasteiger partial charge in [-0.15, -0.1) is 0 Å². The predicted molar refractivity (Wildman–Crippen MR) is 82.1 cm³/mol. The van der Waals surface area contributed by atoms with Gasteiger partial charge in [0.1, 0.15) is 12.4 Å². The van der Waals surface area contributed by atoms with E-state index in [0.717, 1.165) is 32.1 Å². The molecule has 0 saturated carbocycles. The molecule has 0 aliphatic carbocycles. The average molecular weight is 268 g/mol. The van der Waals surface area contributed by atoms with Crippen LogP contribution < -0.4 is 9.64 Å². The summed E-state index contributed by atoms with van der Waals surface area (Å²) in [5, 5.41) is 0. The Morgan fingerprint density at radius 2 is 1.75 bits per heavy atom. The van der Waals surface area contributed by atoms with Gasteiger partial charge in [-0.25, -0.2) is 0 Å². The summed E-state index contributed by atoms with van der Waals surface area (Å²) in [6.07, 6.45) is 0. The fourth-order valence-corrected chi connectivity index (χ4v) is 2.64. The van der Waals surface area contributed by atoms with E-state index in [9.17, 15) is 0 Å². The predicted octanol–water partition coefficient (Wildman–Crippen LogP) is 2.97. The zero-order chi connectivity index (χ0) is 13.8. The highest BCUT2D eigenvalue weighted by Crippen LogP contribution is 2.25. The molecule has 0 amide bonds. The van der Waals surface area contributed by atoms with E-state index in [1.807, 2.05) is 30.3 Å². The third-order valence-electron chi connectivity index (χ3n) is 3.63. The number of rotatable bonds is 4. The summed E-state index contributed by atoms with van der Waals surface area (Å²) in [5.74, 6) is 0.943. The Morgan fingerprint density at radius 1 is 1.00 bits per heavy atom. The smallest absolute Gasteiger partial charge is 0.119 e. The van der Waals surface area contributed by atoms with Crippen LogP contribution in [0.5, 0.6) is 5.75 Å². The van der Waals surface area contributed by atoms with Gasteiger partial charge in [0.25, 0.3) is 0 Å². The number of fused-ring (bicyclic) bond motifs is 1. The molecule has 20 heavy (non-hydrogen) atoms. The standard InChI is InChI=1S/C17H20N2O/c1-18-14-19(13-15-7-5-6-10-17(15)18)11-12-20-16-8-3-2-4-9-16/h2-10H,11-14H2,1H3. The highest BCUT2D eigenvalue weighted by Gasteiger charge is 2.18. The molecule has 0 unspecified atom stereocenters. The molecule has 104 valence electrons. The minimum absolute atomic E-state index is 0.722. The van der Waals surface area contributed by atoms with Crippen LogP contribution in [0.25, 0.3) is 0 Å². The Bertz CT molecular complexity index is 556. The van der Waals surface area contributed by atoms with E-state index in [2.05, 4.69) is 41.1 Å². The van der Waals surface area contributed by atoms with Crippen molar-refractivity contribution < 1.29 is 4.74 Å². The number of para-hydroxylation sites is 2. The maximum Gasteiger partial charge on any atom is 0.119 e. The summed E-state index contributed by atoms with van der Waals surface area (Å²) >= 11 is 0. The van der Waals surface area contributed by atoms with Gasteiger partial charge >= 0.3 is 0 Å². The lowest BCUT2D eigenvalue weighted by Gasteiger charge is -2.36. The molecule has 3 nitrogen and oxygen atoms in total. The van der Waals surface area contributed by atoms with Crippen molar-refractivity contribution >= 4 is 5.69 Å². The number of anilines is 1. The molecule has 2 aromatic carbocycles. The molecule has 0 saturated heterocycles. The molecule has 1 aliphatic heterocycles. The molecule has 0 aromatic heterocycles. The Kier molecular flexibility index (Phi) is 3.88. The maximum absolute atomic E-state index is 5.77. The Morgan fingerprint density at radius 3 is 2.60 bits per heavy atom. The minimum Gasteiger partial charge on any atom is -0.492 e. The van der Waals surface area contributed by atoms with Gasteiger partial charge in [-0.1, -0.05) is 36.4 Å². The quantitative estimate of drug-likeness (QED) is 0.848. The van der Waals surface area contributed by atoms with E-state index < -0.39 is 0 Å². The molecule has 0 atom stereocenters. The molecule has 0 N–H and O–H groups in total. The molecular formula is C17H20N2O. The van der Waals surface area contributed by atoms with Crippen molar-refractivity contribution in [2.45, 2.75) is 6.54 Å². The van der Waals surface area contributed by atoms with Crippen molar-refractivity contribution in [1.29, 1.82) is 0 Å². The molecule has 0 fully saturated rings. The molecule has 2 aromatic rings. The first kappa shape index (κ1) is 13.0. The van der Waals surface area contributed by atoms with E-state index in [1.165, 1.54) is 11.3 Å². The zero-order valence-electron chi connectivity index (χ0n) is 11.8. The van der Waals surface area contributed by atoms with Crippen molar-refractivity contribution in [2.75, 3.05) is 31.8 Å². The Balaban J connectivity index is 1.55. The molecule has 1 aliphatic rings. The van der Waals surface area contributed by atoms with Gasteiger partial charge in [0.05, 0.1) is 6.67 Å². The topological polar surface area (TPSA) is 15.7 Å². The number of nitrogens with zero attached hydrogens (tertiary/aromatic N) is 2. The van der Waals surface area contributed by atoms with Crippen LogP contribution in [0.2, 0.25) is 0 Å². The van der Waals surface area contributed by atoms with Gasteiger partial charge in [-0.05, 0) is 23.8 Å². The van der Waals surface area contributed by atoms with Gasteiger partial charge < -0.3 is 9.64 Å². The summed E-state index contributed by atoms with van der Waals surface area (Å²) in [7, 11) is 2.14. The van der Waals surface area contributed by atoms with Crippen molar-refractivity contribution in [2.24, 2.45) is 0 Å². The van der Waals surface area contributed by atoms with Gasteiger partial charge in [0, 0.05) is 25.8 Å². The summed E-state index contributed by atoms with van der Waals surface area (Å²) in [4.78, 5) is 4.70. The van der Waals surface area contributed by atoms with Crippen LogP contribution in [0.3, 0.4) is 0 Å². The van der Waals surface area contributed by atoms with Crippen LogP contribution in [0.4, 0.5) is 5.69 Å². The number of hydrogen-bond donors (Lipinski definition) is 0. The lowest BCUT2D eigenvalue weighted by atomic mass is 10.1. The Hall–Kier alpha value is -2.00. The van der Waals surface area contributed by atoms with E-state index in [0.29, 0.717) is 0 Å². The normalized spacial score (nSPS) is 14.9. The van der Waals surface area contributed by atoms with Crippen LogP contribution in [0, 0.1) is 0 Å². The minimum atomic E-state index is 0.722. The summed E-state index contributed by atoms with van der Waals surface area (Å²) in [6.45, 7) is 3.61. The fourth-order valence-electron chi connectivity index (χ4n) is 2.64. The monoisotopic (exact) mass is 268 g/mol. The lowest BCUT2D eigenvalue weighted by Crippen LogP contribution is -2.41. The highest BCUT2D eigenvalue weighted by molar-refractivity contribution is 5.54. The van der Waals surface area contributed by atoms with E-state index in [1.54, 1.807) is 0 Å². The molecule has 3 heteroatoms. The molecule has 0 radical (unpaired) electrons. The van der Waals surface area contributed by atoms with Gasteiger partial charge in [-0.3, -0.25) is 4.90 Å². The maximum atomic E-state index is 5.77. The molecule has 3 rings (SSSR count). The van der Waals surface area contributed by atoms with Crippen LogP contribution in [0.1, 0.15) is 5.56 Å². The van der Waals surface area contributed by atoms with E-state index in [-0.39, 0.29) is 0 Å². The van der Waals surface area contributed by atoms with Crippen molar-refractivity contribution in [3.8, 4) is 5.75 Å². The zero-order valence-corrected chi connectivity index (χ0v) is 11.8. The average Bonchev–Trinajstić information content (AvgIpc) is 2.48. The second-order valence-electron chi connectivity index (χ2n) is 5.18. The first-order valence-corrected chi connectivity index (χ1v) is 7.02. The lowest BCUT2D eigenvalue weighted by molar-refractivity contribution is 0.198. The summed E-state index contributed by atoms with van der Waals surface area (Å²) in [6, 6.07) is 18.6. The van der Waals surface area contributed by atoms with Crippen LogP contribution in [-0.2, 0) is 6.54 Å². The third-order valence-corrected chi connectivity index (χ3v) is 3.63. The number of hydrogen-bond acceptors (Lipinski definition) is 3. The molecule has 0 bridgehead atoms. The van der Waals surface area contributed by atoms with Gasteiger partial charge in [-0.2, -0.15) is 0 Å². The molecular weight excluding hydrogens is 248 g/mol. The van der Waals surface area contributed by atoms with Crippen molar-refractivity contribution in [3.63, 3.8) is 0 Å². The largest absolute Gasteiger partial charge is 0.492 e. The molecule has 0 spiro atoms. The summed E-state index contributed by atoms with van der Waals surface area (Å²) < 4.78 is 5.77. The Labute approximate surface area is 120 Å². The van der Waals surface area contributed by atoms with Gasteiger partial charge in [0.2, 0.25) is 0 Å². The van der Waals surface area contributed by atoms with Gasteiger partial charge in [0.15, 0.2) is 0 Å². The van der Waals surface area contributed by atoms with Crippen LogP contribution in [0.15, 0.2) is 54.6 Å². The summed E-state index contributed by atoms with van der Waals surface area (Å²) in [5.41, 5.74) is 2.73. The SMILES string of the molecule is CN1CN(CCOc2ccccc2)Cc2ccccc21.